The molecule has 3 aliphatic carbocycles. The number of carbonyl (C=O) groups excluding carboxylic acids is 2. The minimum Gasteiger partial charge on any atom is -0.481 e. The first-order valence-electron chi connectivity index (χ1n) is 12.6. The third kappa shape index (κ3) is 4.77. The molecule has 0 spiro atoms. The summed E-state index contributed by atoms with van der Waals surface area (Å²) in [4.78, 5) is 37.2. The number of benzene rings is 2. The van der Waals surface area contributed by atoms with Crippen molar-refractivity contribution in [2.24, 2.45) is 0 Å². The van der Waals surface area contributed by atoms with Gasteiger partial charge in [-0.1, -0.05) is 67.8 Å². The fraction of sp³-hybridized carbons (Fsp3) is 0.464. The quantitative estimate of drug-likeness (QED) is 0.510. The van der Waals surface area contributed by atoms with Crippen LogP contribution in [0, 0.1) is 0 Å². The van der Waals surface area contributed by atoms with Gasteiger partial charge in [0, 0.05) is 17.9 Å². The fourth-order valence-electron chi connectivity index (χ4n) is 5.74. The number of carboxylic acid groups (broad SMARTS) is 1. The molecular formula is C28H32N2O5. The van der Waals surface area contributed by atoms with Gasteiger partial charge in [-0.15, -0.1) is 0 Å². The second-order valence-corrected chi connectivity index (χ2v) is 10.2. The van der Waals surface area contributed by atoms with Crippen LogP contribution in [-0.4, -0.2) is 40.8 Å². The highest BCUT2D eigenvalue weighted by Gasteiger charge is 2.53. The number of amides is 2. The van der Waals surface area contributed by atoms with Crippen LogP contribution in [0.4, 0.5) is 4.79 Å². The van der Waals surface area contributed by atoms with E-state index in [1.165, 1.54) is 0 Å². The number of aliphatic carboxylic acids is 1. The zero-order chi connectivity index (χ0) is 24.5. The van der Waals surface area contributed by atoms with E-state index in [2.05, 4.69) is 34.9 Å². The van der Waals surface area contributed by atoms with Gasteiger partial charge in [-0.05, 0) is 54.4 Å². The Bertz CT molecular complexity index is 1090. The Morgan fingerprint density at radius 1 is 0.857 bits per heavy atom. The maximum absolute atomic E-state index is 13.2. The van der Waals surface area contributed by atoms with Gasteiger partial charge in [0.25, 0.3) is 0 Å². The van der Waals surface area contributed by atoms with E-state index in [4.69, 9.17) is 9.84 Å². The molecule has 2 fully saturated rings. The van der Waals surface area contributed by atoms with Crippen LogP contribution in [0.3, 0.4) is 0 Å². The van der Waals surface area contributed by atoms with Crippen LogP contribution >= 0.6 is 0 Å². The molecule has 3 N–H and O–H groups in total. The molecule has 2 aromatic carbocycles. The Hall–Kier alpha value is -3.35. The van der Waals surface area contributed by atoms with Crippen molar-refractivity contribution in [3.63, 3.8) is 0 Å². The molecule has 2 aromatic rings. The molecular weight excluding hydrogens is 444 g/mol. The molecule has 5 rings (SSSR count). The highest BCUT2D eigenvalue weighted by Crippen LogP contribution is 2.45. The van der Waals surface area contributed by atoms with E-state index >= 15 is 0 Å². The van der Waals surface area contributed by atoms with Crippen molar-refractivity contribution in [2.75, 3.05) is 6.61 Å². The van der Waals surface area contributed by atoms with Crippen LogP contribution in [0.5, 0.6) is 0 Å². The molecule has 2 saturated carbocycles. The lowest BCUT2D eigenvalue weighted by Gasteiger charge is -2.39. The average Bonchev–Trinajstić information content (AvgIpc) is 3.58. The maximum atomic E-state index is 13.2. The van der Waals surface area contributed by atoms with E-state index in [1.807, 2.05) is 24.3 Å². The van der Waals surface area contributed by atoms with E-state index in [9.17, 15) is 14.4 Å². The summed E-state index contributed by atoms with van der Waals surface area (Å²) in [5, 5.41) is 15.1. The van der Waals surface area contributed by atoms with E-state index < -0.39 is 23.1 Å². The molecule has 0 bridgehead atoms. The molecule has 0 atom stereocenters. The van der Waals surface area contributed by atoms with Gasteiger partial charge >= 0.3 is 12.1 Å². The molecule has 7 nitrogen and oxygen atoms in total. The standard InChI is InChI=1S/C28H32N2O5/c31-24(32)12-15-27(13-6-1-7-14-27)29-25(33)28(16-17-28)30-26(34)35-18-23-21-10-4-2-8-19(21)20-9-3-5-11-22(20)23/h2-5,8-11,23H,1,6-7,12-18H2,(H,29,33)(H,30,34)(H,31,32). The summed E-state index contributed by atoms with van der Waals surface area (Å²) in [6.45, 7) is 0.195. The van der Waals surface area contributed by atoms with Crippen molar-refractivity contribution in [3.05, 3.63) is 59.7 Å². The third-order valence-corrected chi connectivity index (χ3v) is 7.88. The average molecular weight is 477 g/mol. The first kappa shape index (κ1) is 23.4. The number of rotatable bonds is 8. The molecule has 0 unspecified atom stereocenters. The Morgan fingerprint density at radius 3 is 2.03 bits per heavy atom. The summed E-state index contributed by atoms with van der Waals surface area (Å²) >= 11 is 0. The van der Waals surface area contributed by atoms with Crippen molar-refractivity contribution >= 4 is 18.0 Å². The highest BCUT2D eigenvalue weighted by atomic mass is 16.5. The lowest BCUT2D eigenvalue weighted by atomic mass is 9.78. The van der Waals surface area contributed by atoms with E-state index in [1.54, 1.807) is 0 Å². The molecule has 35 heavy (non-hydrogen) atoms. The molecule has 0 radical (unpaired) electrons. The third-order valence-electron chi connectivity index (χ3n) is 7.88. The van der Waals surface area contributed by atoms with E-state index in [0.29, 0.717) is 19.3 Å². The number of carbonyl (C=O) groups is 3. The minimum absolute atomic E-state index is 0.0209. The van der Waals surface area contributed by atoms with Gasteiger partial charge in [-0.2, -0.15) is 0 Å². The second-order valence-electron chi connectivity index (χ2n) is 10.2. The lowest BCUT2D eigenvalue weighted by Crippen LogP contribution is -2.57. The zero-order valence-electron chi connectivity index (χ0n) is 19.8. The Labute approximate surface area is 205 Å². The summed E-state index contributed by atoms with van der Waals surface area (Å²) in [6.07, 6.45) is 5.51. The van der Waals surface area contributed by atoms with Crippen molar-refractivity contribution in [3.8, 4) is 11.1 Å². The van der Waals surface area contributed by atoms with Gasteiger partial charge in [-0.3, -0.25) is 9.59 Å². The van der Waals surface area contributed by atoms with Gasteiger partial charge < -0.3 is 20.5 Å². The van der Waals surface area contributed by atoms with Gasteiger partial charge in [0.2, 0.25) is 5.91 Å². The molecule has 2 amide bonds. The summed E-state index contributed by atoms with van der Waals surface area (Å²) in [5.41, 5.74) is 3.13. The monoisotopic (exact) mass is 476 g/mol. The van der Waals surface area contributed by atoms with Crippen LogP contribution in [-0.2, 0) is 14.3 Å². The summed E-state index contributed by atoms with van der Waals surface area (Å²) in [7, 11) is 0. The largest absolute Gasteiger partial charge is 0.481 e. The number of alkyl carbamates (subject to hydrolysis) is 1. The minimum atomic E-state index is -0.962. The number of hydrogen-bond donors (Lipinski definition) is 3. The number of hydrogen-bond acceptors (Lipinski definition) is 4. The first-order chi connectivity index (χ1) is 16.9. The SMILES string of the molecule is O=C(O)CCC1(NC(=O)C2(NC(=O)OCC3c4ccccc4-c4ccccc43)CC2)CCCCC1. The number of ether oxygens (including phenoxy) is 1. The van der Waals surface area contributed by atoms with Crippen LogP contribution in [0.2, 0.25) is 0 Å². The first-order valence-corrected chi connectivity index (χ1v) is 12.6. The predicted molar refractivity (Wildman–Crippen MR) is 131 cm³/mol. The summed E-state index contributed by atoms with van der Waals surface area (Å²) in [5.74, 6) is -1.13. The number of fused-ring (bicyclic) bond motifs is 3. The van der Waals surface area contributed by atoms with Gasteiger partial charge in [-0.25, -0.2) is 4.79 Å². The lowest BCUT2D eigenvalue weighted by molar-refractivity contribution is -0.138. The molecule has 184 valence electrons. The van der Waals surface area contributed by atoms with Crippen LogP contribution in [0.25, 0.3) is 11.1 Å². The van der Waals surface area contributed by atoms with Crippen LogP contribution < -0.4 is 10.6 Å². The molecule has 0 saturated heterocycles. The van der Waals surface area contributed by atoms with Crippen LogP contribution in [0.15, 0.2) is 48.5 Å². The predicted octanol–water partition coefficient (Wildman–Crippen LogP) is 4.74. The van der Waals surface area contributed by atoms with Crippen molar-refractivity contribution in [1.82, 2.24) is 10.6 Å². The molecule has 0 aliphatic heterocycles. The van der Waals surface area contributed by atoms with Crippen LogP contribution in [0.1, 0.15) is 74.8 Å². The molecule has 0 heterocycles. The smallest absolute Gasteiger partial charge is 0.408 e. The van der Waals surface area contributed by atoms with Gasteiger partial charge in [0.05, 0.1) is 0 Å². The Kier molecular flexibility index (Phi) is 6.26. The Balaban J connectivity index is 1.22. The second kappa shape index (κ2) is 9.36. The highest BCUT2D eigenvalue weighted by molar-refractivity contribution is 5.93. The normalized spacial score (nSPS) is 19.2. The van der Waals surface area contributed by atoms with Gasteiger partial charge in [0.15, 0.2) is 0 Å². The van der Waals surface area contributed by atoms with Crippen molar-refractivity contribution in [2.45, 2.75) is 74.8 Å². The maximum Gasteiger partial charge on any atom is 0.408 e. The van der Waals surface area contributed by atoms with E-state index in [0.717, 1.165) is 54.4 Å². The van der Waals surface area contributed by atoms with Crippen molar-refractivity contribution < 1.29 is 24.2 Å². The van der Waals surface area contributed by atoms with Gasteiger partial charge in [0.1, 0.15) is 12.1 Å². The Morgan fingerprint density at radius 2 is 1.46 bits per heavy atom. The topological polar surface area (TPSA) is 105 Å². The molecule has 0 aromatic heterocycles. The zero-order valence-corrected chi connectivity index (χ0v) is 19.8. The fourth-order valence-corrected chi connectivity index (χ4v) is 5.74. The number of nitrogens with one attached hydrogen (secondary N) is 2. The number of carboxylic acids is 1. The van der Waals surface area contributed by atoms with Crippen molar-refractivity contribution in [1.29, 1.82) is 0 Å². The molecule has 7 heteroatoms. The molecule has 3 aliphatic rings. The summed E-state index contributed by atoms with van der Waals surface area (Å²) < 4.78 is 5.65. The summed E-state index contributed by atoms with van der Waals surface area (Å²) in [6, 6.07) is 16.3. The van der Waals surface area contributed by atoms with E-state index in [-0.39, 0.29) is 24.9 Å².